The van der Waals surface area contributed by atoms with Crippen LogP contribution in [0.15, 0.2) is 36.7 Å². The van der Waals surface area contributed by atoms with Gasteiger partial charge in [0.05, 0.1) is 5.56 Å². The monoisotopic (exact) mass is 343 g/mol. The molecule has 0 aliphatic rings. The lowest BCUT2D eigenvalue weighted by Crippen LogP contribution is -1.97. The van der Waals surface area contributed by atoms with Gasteiger partial charge in [-0.25, -0.2) is 27.5 Å². The van der Waals surface area contributed by atoms with E-state index in [4.69, 9.17) is 5.26 Å². The molecule has 1 heterocycles. The van der Waals surface area contributed by atoms with Gasteiger partial charge in [-0.3, -0.25) is 0 Å². The summed E-state index contributed by atoms with van der Waals surface area (Å²) >= 11 is 0. The standard InChI is InChI=1S/C18H9F4N3/c1-9-2-15(21)17(16(22)3-9)11-7-24-18(25-8-11)10-4-13(19)12(6-23)14(20)5-10/h2-5,7-8H,1H3. The van der Waals surface area contributed by atoms with Crippen molar-refractivity contribution < 1.29 is 17.6 Å². The SMILES string of the molecule is Cc1cc(F)c(-c2cnc(-c3cc(F)c(C#N)c(F)c3)nc2)c(F)c1. The Morgan fingerprint density at radius 1 is 0.800 bits per heavy atom. The van der Waals surface area contributed by atoms with E-state index >= 15 is 0 Å². The van der Waals surface area contributed by atoms with Crippen molar-refractivity contribution in [3.63, 3.8) is 0 Å². The number of nitrogens with zero attached hydrogens (tertiary/aromatic N) is 3. The van der Waals surface area contributed by atoms with E-state index in [-0.39, 0.29) is 22.5 Å². The van der Waals surface area contributed by atoms with E-state index in [1.54, 1.807) is 6.92 Å². The second-order valence-electron chi connectivity index (χ2n) is 5.33. The molecule has 0 fully saturated rings. The van der Waals surface area contributed by atoms with Crippen molar-refractivity contribution >= 4 is 0 Å². The Morgan fingerprint density at radius 2 is 1.32 bits per heavy atom. The van der Waals surface area contributed by atoms with Crippen molar-refractivity contribution in [1.29, 1.82) is 5.26 Å². The average Bonchev–Trinajstić information content (AvgIpc) is 2.54. The van der Waals surface area contributed by atoms with E-state index in [0.29, 0.717) is 5.56 Å². The molecule has 0 N–H and O–H groups in total. The number of hydrogen-bond donors (Lipinski definition) is 0. The number of halogens is 4. The molecule has 0 aliphatic carbocycles. The predicted molar refractivity (Wildman–Crippen MR) is 82.2 cm³/mol. The van der Waals surface area contributed by atoms with Crippen LogP contribution in [0.25, 0.3) is 22.5 Å². The molecule has 124 valence electrons. The molecule has 3 aromatic rings. The van der Waals surface area contributed by atoms with Crippen molar-refractivity contribution in [1.82, 2.24) is 9.97 Å². The molecule has 0 spiro atoms. The van der Waals surface area contributed by atoms with Gasteiger partial charge in [0, 0.05) is 23.5 Å². The maximum atomic E-state index is 14.0. The first kappa shape index (κ1) is 16.6. The van der Waals surface area contributed by atoms with Gasteiger partial charge in [-0.1, -0.05) is 0 Å². The van der Waals surface area contributed by atoms with Crippen molar-refractivity contribution in [3.05, 3.63) is 71.1 Å². The van der Waals surface area contributed by atoms with E-state index in [1.165, 1.54) is 18.2 Å². The largest absolute Gasteiger partial charge is 0.236 e. The van der Waals surface area contributed by atoms with Crippen molar-refractivity contribution in [2.75, 3.05) is 0 Å². The Morgan fingerprint density at radius 3 is 1.80 bits per heavy atom. The molecule has 0 unspecified atom stereocenters. The third kappa shape index (κ3) is 3.06. The van der Waals surface area contributed by atoms with Gasteiger partial charge < -0.3 is 0 Å². The molecular weight excluding hydrogens is 334 g/mol. The van der Waals surface area contributed by atoms with Gasteiger partial charge in [-0.2, -0.15) is 5.26 Å². The first-order valence-corrected chi connectivity index (χ1v) is 7.08. The van der Waals surface area contributed by atoms with Crippen LogP contribution in [-0.4, -0.2) is 9.97 Å². The number of benzene rings is 2. The normalized spacial score (nSPS) is 10.6. The van der Waals surface area contributed by atoms with E-state index in [2.05, 4.69) is 9.97 Å². The second-order valence-corrected chi connectivity index (χ2v) is 5.33. The fourth-order valence-corrected chi connectivity index (χ4v) is 2.39. The number of aryl methyl sites for hydroxylation is 1. The topological polar surface area (TPSA) is 49.6 Å². The molecule has 0 bridgehead atoms. The van der Waals surface area contributed by atoms with Crippen LogP contribution in [0.2, 0.25) is 0 Å². The van der Waals surface area contributed by atoms with Crippen LogP contribution in [0.1, 0.15) is 11.1 Å². The van der Waals surface area contributed by atoms with Crippen LogP contribution in [0, 0.1) is 41.5 Å². The first-order chi connectivity index (χ1) is 11.9. The molecule has 1 aromatic heterocycles. The summed E-state index contributed by atoms with van der Waals surface area (Å²) in [5.41, 5.74) is -0.461. The fourth-order valence-electron chi connectivity index (χ4n) is 2.39. The molecule has 0 atom stereocenters. The summed E-state index contributed by atoms with van der Waals surface area (Å²) in [5, 5.41) is 8.66. The molecule has 0 radical (unpaired) electrons. The number of rotatable bonds is 2. The Kier molecular flexibility index (Phi) is 4.19. The summed E-state index contributed by atoms with van der Waals surface area (Å²) in [7, 11) is 0. The number of aromatic nitrogens is 2. The molecule has 25 heavy (non-hydrogen) atoms. The van der Waals surface area contributed by atoms with Crippen LogP contribution in [0.5, 0.6) is 0 Å². The minimum atomic E-state index is -1.04. The first-order valence-electron chi connectivity index (χ1n) is 7.08. The highest BCUT2D eigenvalue weighted by Gasteiger charge is 2.16. The van der Waals surface area contributed by atoms with Gasteiger partial charge in [0.1, 0.15) is 34.9 Å². The zero-order valence-corrected chi connectivity index (χ0v) is 12.8. The van der Waals surface area contributed by atoms with Crippen molar-refractivity contribution in [2.24, 2.45) is 0 Å². The van der Waals surface area contributed by atoms with Gasteiger partial charge in [0.15, 0.2) is 5.82 Å². The van der Waals surface area contributed by atoms with Gasteiger partial charge in [-0.05, 0) is 36.8 Å². The van der Waals surface area contributed by atoms with Crippen molar-refractivity contribution in [2.45, 2.75) is 6.92 Å². The van der Waals surface area contributed by atoms with E-state index in [0.717, 1.165) is 24.5 Å². The van der Waals surface area contributed by atoms with Gasteiger partial charge in [0.2, 0.25) is 0 Å². The zero-order valence-electron chi connectivity index (χ0n) is 12.8. The number of nitriles is 1. The molecule has 3 rings (SSSR count). The van der Waals surface area contributed by atoms with Crippen LogP contribution in [0.3, 0.4) is 0 Å². The molecule has 0 amide bonds. The Hall–Kier alpha value is -3.27. The van der Waals surface area contributed by atoms with E-state index in [9.17, 15) is 17.6 Å². The van der Waals surface area contributed by atoms with Crippen LogP contribution in [0.4, 0.5) is 17.6 Å². The van der Waals surface area contributed by atoms with E-state index in [1.807, 2.05) is 0 Å². The van der Waals surface area contributed by atoms with Crippen LogP contribution >= 0.6 is 0 Å². The lowest BCUT2D eigenvalue weighted by Gasteiger charge is -2.07. The highest BCUT2D eigenvalue weighted by atomic mass is 19.1. The lowest BCUT2D eigenvalue weighted by atomic mass is 10.1. The average molecular weight is 343 g/mol. The molecular formula is C18H9F4N3. The molecule has 2 aromatic carbocycles. The smallest absolute Gasteiger partial charge is 0.159 e. The number of hydrogen-bond acceptors (Lipinski definition) is 3. The predicted octanol–water partition coefficient (Wildman–Crippen LogP) is 4.55. The summed E-state index contributed by atoms with van der Waals surface area (Å²) in [4.78, 5) is 7.81. The minimum Gasteiger partial charge on any atom is -0.236 e. The Balaban J connectivity index is 2.04. The maximum absolute atomic E-state index is 14.0. The summed E-state index contributed by atoms with van der Waals surface area (Å²) in [5.74, 6) is -3.64. The molecule has 0 saturated carbocycles. The molecule has 0 saturated heterocycles. The maximum Gasteiger partial charge on any atom is 0.159 e. The lowest BCUT2D eigenvalue weighted by molar-refractivity contribution is 0.577. The minimum absolute atomic E-state index is 0.00500. The fraction of sp³-hybridized carbons (Fsp3) is 0.0556. The highest BCUT2D eigenvalue weighted by Crippen LogP contribution is 2.28. The molecule has 0 aliphatic heterocycles. The zero-order chi connectivity index (χ0) is 18.1. The quantitative estimate of drug-likeness (QED) is 0.642. The Bertz CT molecular complexity index is 962. The van der Waals surface area contributed by atoms with Gasteiger partial charge >= 0.3 is 0 Å². The third-order valence-electron chi connectivity index (χ3n) is 3.54. The van der Waals surface area contributed by atoms with Gasteiger partial charge in [0.25, 0.3) is 0 Å². The molecule has 3 nitrogen and oxygen atoms in total. The summed E-state index contributed by atoms with van der Waals surface area (Å²) < 4.78 is 55.3. The van der Waals surface area contributed by atoms with Crippen LogP contribution < -0.4 is 0 Å². The summed E-state index contributed by atoms with van der Waals surface area (Å²) in [6, 6.07) is 5.61. The second kappa shape index (κ2) is 6.32. The van der Waals surface area contributed by atoms with Crippen molar-refractivity contribution in [3.8, 4) is 28.6 Å². The van der Waals surface area contributed by atoms with Gasteiger partial charge in [-0.15, -0.1) is 0 Å². The summed E-state index contributed by atoms with van der Waals surface area (Å²) in [6.07, 6.45) is 2.32. The summed E-state index contributed by atoms with van der Waals surface area (Å²) in [6.45, 7) is 1.56. The highest BCUT2D eigenvalue weighted by molar-refractivity contribution is 5.65. The third-order valence-corrected chi connectivity index (χ3v) is 3.54. The molecule has 7 heteroatoms. The Labute approximate surface area is 140 Å². The van der Waals surface area contributed by atoms with Crippen LogP contribution in [-0.2, 0) is 0 Å². The van der Waals surface area contributed by atoms with E-state index < -0.39 is 28.8 Å².